The van der Waals surface area contributed by atoms with Crippen LogP contribution < -0.4 is 5.73 Å². The van der Waals surface area contributed by atoms with E-state index in [4.69, 9.17) is 10.5 Å². The first-order valence-corrected chi connectivity index (χ1v) is 6.39. The lowest BCUT2D eigenvalue weighted by Gasteiger charge is -2.39. The Labute approximate surface area is 119 Å². The molecule has 1 fully saturated rings. The summed E-state index contributed by atoms with van der Waals surface area (Å²) in [6.45, 7) is -0.570. The zero-order valence-corrected chi connectivity index (χ0v) is 11.1. The summed E-state index contributed by atoms with van der Waals surface area (Å²) >= 11 is 0. The molecule has 0 heterocycles. The normalized spacial score (nSPS) is 16.9. The van der Waals surface area contributed by atoms with E-state index in [-0.39, 0.29) is 5.56 Å². The van der Waals surface area contributed by atoms with E-state index in [1.807, 2.05) is 0 Å². The van der Waals surface area contributed by atoms with Crippen molar-refractivity contribution in [3.8, 4) is 0 Å². The molecule has 21 heavy (non-hydrogen) atoms. The van der Waals surface area contributed by atoms with Gasteiger partial charge < -0.3 is 10.5 Å². The van der Waals surface area contributed by atoms with Crippen molar-refractivity contribution < 1.29 is 27.5 Å². The van der Waals surface area contributed by atoms with Crippen LogP contribution in [0.4, 0.5) is 13.2 Å². The molecule has 0 unspecified atom stereocenters. The predicted molar refractivity (Wildman–Crippen MR) is 67.1 cm³/mol. The Balaban J connectivity index is 2.28. The van der Waals surface area contributed by atoms with E-state index < -0.39 is 35.6 Å². The van der Waals surface area contributed by atoms with Gasteiger partial charge in [-0.25, -0.2) is 0 Å². The topological polar surface area (TPSA) is 69.4 Å². The predicted octanol–water partition coefficient (Wildman–Crippen LogP) is 2.16. The highest BCUT2D eigenvalue weighted by atomic mass is 19.4. The first-order chi connectivity index (χ1) is 9.75. The van der Waals surface area contributed by atoms with Crippen LogP contribution in [-0.4, -0.2) is 18.5 Å². The van der Waals surface area contributed by atoms with Gasteiger partial charge in [0.15, 0.2) is 6.61 Å². The highest BCUT2D eigenvalue weighted by Crippen LogP contribution is 2.46. The van der Waals surface area contributed by atoms with Crippen LogP contribution in [0.2, 0.25) is 0 Å². The highest BCUT2D eigenvalue weighted by molar-refractivity contribution is 5.87. The zero-order valence-electron chi connectivity index (χ0n) is 11.1. The summed E-state index contributed by atoms with van der Waals surface area (Å²) in [7, 11) is 0. The Morgan fingerprint density at radius 1 is 1.29 bits per heavy atom. The minimum Gasteiger partial charge on any atom is -0.455 e. The molecule has 0 atom stereocenters. The molecule has 0 aliphatic heterocycles. The SMILES string of the molecule is NC(=O)COC(=O)C1(c2cccc(C(F)(F)F)c2)CCC1. The van der Waals surface area contributed by atoms with Crippen molar-refractivity contribution in [2.45, 2.75) is 30.9 Å². The van der Waals surface area contributed by atoms with Crippen molar-refractivity contribution in [1.82, 2.24) is 0 Å². The first kappa shape index (κ1) is 15.3. The molecule has 1 aliphatic carbocycles. The molecule has 114 valence electrons. The van der Waals surface area contributed by atoms with Crippen LogP contribution in [0.1, 0.15) is 30.4 Å². The summed E-state index contributed by atoms with van der Waals surface area (Å²) in [6, 6.07) is 4.65. The molecule has 7 heteroatoms. The fraction of sp³-hybridized carbons (Fsp3) is 0.429. The lowest BCUT2D eigenvalue weighted by atomic mass is 9.64. The van der Waals surface area contributed by atoms with Crippen molar-refractivity contribution in [3.05, 3.63) is 35.4 Å². The van der Waals surface area contributed by atoms with Crippen LogP contribution in [0, 0.1) is 0 Å². The summed E-state index contributed by atoms with van der Waals surface area (Å²) in [5.41, 5.74) is 3.25. The van der Waals surface area contributed by atoms with E-state index in [9.17, 15) is 22.8 Å². The smallest absolute Gasteiger partial charge is 0.416 e. The molecule has 4 nitrogen and oxygen atoms in total. The molecule has 1 saturated carbocycles. The van der Waals surface area contributed by atoms with Gasteiger partial charge >= 0.3 is 12.1 Å². The number of hydrogen-bond donors (Lipinski definition) is 1. The third-order valence-electron chi connectivity index (χ3n) is 3.69. The number of esters is 1. The van der Waals surface area contributed by atoms with Gasteiger partial charge in [0, 0.05) is 0 Å². The van der Waals surface area contributed by atoms with Gasteiger partial charge in [-0.2, -0.15) is 13.2 Å². The number of nitrogens with two attached hydrogens (primary N) is 1. The average Bonchev–Trinajstić information content (AvgIpc) is 2.34. The second kappa shape index (κ2) is 5.38. The second-order valence-corrected chi connectivity index (χ2v) is 5.06. The van der Waals surface area contributed by atoms with E-state index in [1.165, 1.54) is 12.1 Å². The number of carbonyl (C=O) groups is 2. The van der Waals surface area contributed by atoms with Gasteiger partial charge in [0.25, 0.3) is 5.91 Å². The molecule has 0 aromatic heterocycles. The molecular weight excluding hydrogens is 287 g/mol. The van der Waals surface area contributed by atoms with Crippen molar-refractivity contribution in [1.29, 1.82) is 0 Å². The van der Waals surface area contributed by atoms with E-state index in [2.05, 4.69) is 0 Å². The van der Waals surface area contributed by atoms with Gasteiger partial charge in [0.1, 0.15) is 0 Å². The molecule has 0 radical (unpaired) electrons. The third kappa shape index (κ3) is 3.01. The van der Waals surface area contributed by atoms with Gasteiger partial charge in [-0.15, -0.1) is 0 Å². The van der Waals surface area contributed by atoms with Crippen LogP contribution in [0.25, 0.3) is 0 Å². The summed E-state index contributed by atoms with van der Waals surface area (Å²) in [5, 5.41) is 0. The molecule has 0 bridgehead atoms. The van der Waals surface area contributed by atoms with Crippen molar-refractivity contribution in [3.63, 3.8) is 0 Å². The number of halogens is 3. The molecular formula is C14H14F3NO3. The maximum Gasteiger partial charge on any atom is 0.416 e. The van der Waals surface area contributed by atoms with Crippen molar-refractivity contribution >= 4 is 11.9 Å². The number of rotatable bonds is 4. The Bertz CT molecular complexity index is 565. The summed E-state index contributed by atoms with van der Waals surface area (Å²) < 4.78 is 43.1. The monoisotopic (exact) mass is 301 g/mol. The Morgan fingerprint density at radius 2 is 1.95 bits per heavy atom. The maximum absolute atomic E-state index is 12.8. The molecule has 2 N–H and O–H groups in total. The molecule has 0 spiro atoms. The van der Waals surface area contributed by atoms with Gasteiger partial charge in [0.05, 0.1) is 11.0 Å². The number of benzene rings is 1. The second-order valence-electron chi connectivity index (χ2n) is 5.06. The largest absolute Gasteiger partial charge is 0.455 e. The number of carbonyl (C=O) groups excluding carboxylic acids is 2. The van der Waals surface area contributed by atoms with Gasteiger partial charge in [-0.05, 0) is 24.5 Å². The quantitative estimate of drug-likeness (QED) is 0.866. The van der Waals surface area contributed by atoms with Crippen LogP contribution in [0.3, 0.4) is 0 Å². The minimum absolute atomic E-state index is 0.262. The number of alkyl halides is 3. The zero-order chi connectivity index (χ0) is 15.7. The summed E-state index contributed by atoms with van der Waals surface area (Å²) in [5.74, 6) is -1.51. The van der Waals surface area contributed by atoms with Crippen LogP contribution in [-0.2, 0) is 25.9 Å². The molecule has 1 aliphatic rings. The Morgan fingerprint density at radius 3 is 2.43 bits per heavy atom. The minimum atomic E-state index is -4.47. The lowest BCUT2D eigenvalue weighted by Crippen LogP contribution is -2.44. The third-order valence-corrected chi connectivity index (χ3v) is 3.69. The number of amides is 1. The lowest BCUT2D eigenvalue weighted by molar-refractivity contribution is -0.157. The van der Waals surface area contributed by atoms with Crippen LogP contribution in [0.5, 0.6) is 0 Å². The van der Waals surface area contributed by atoms with Gasteiger partial charge in [-0.1, -0.05) is 24.6 Å². The Hall–Kier alpha value is -2.05. The van der Waals surface area contributed by atoms with E-state index in [0.717, 1.165) is 12.1 Å². The van der Waals surface area contributed by atoms with E-state index in [0.29, 0.717) is 19.3 Å². The molecule has 0 saturated heterocycles. The fourth-order valence-corrected chi connectivity index (χ4v) is 2.41. The number of primary amides is 1. The molecule has 1 amide bonds. The summed E-state index contributed by atoms with van der Waals surface area (Å²) in [4.78, 5) is 22.8. The van der Waals surface area contributed by atoms with E-state index in [1.54, 1.807) is 0 Å². The Kier molecular flexibility index (Phi) is 3.93. The van der Waals surface area contributed by atoms with Crippen molar-refractivity contribution in [2.75, 3.05) is 6.61 Å². The maximum atomic E-state index is 12.8. The molecule has 2 rings (SSSR count). The standard InChI is InChI=1S/C14H14F3NO3/c15-14(16,17)10-4-1-3-9(7-10)13(5-2-6-13)12(20)21-8-11(18)19/h1,3-4,7H,2,5-6,8H2,(H2,18,19). The van der Waals surface area contributed by atoms with E-state index >= 15 is 0 Å². The first-order valence-electron chi connectivity index (χ1n) is 6.39. The number of ether oxygens (including phenoxy) is 1. The van der Waals surface area contributed by atoms with Gasteiger partial charge in [0.2, 0.25) is 0 Å². The van der Waals surface area contributed by atoms with Crippen LogP contribution in [0.15, 0.2) is 24.3 Å². The number of hydrogen-bond acceptors (Lipinski definition) is 3. The van der Waals surface area contributed by atoms with Crippen molar-refractivity contribution in [2.24, 2.45) is 5.73 Å². The fourth-order valence-electron chi connectivity index (χ4n) is 2.41. The average molecular weight is 301 g/mol. The molecule has 1 aromatic rings. The molecule has 1 aromatic carbocycles. The van der Waals surface area contributed by atoms with Gasteiger partial charge in [-0.3, -0.25) is 9.59 Å². The van der Waals surface area contributed by atoms with Crippen LogP contribution >= 0.6 is 0 Å². The summed E-state index contributed by atoms with van der Waals surface area (Å²) in [6.07, 6.45) is -2.97. The highest BCUT2D eigenvalue weighted by Gasteiger charge is 2.48.